The van der Waals surface area contributed by atoms with Crippen LogP contribution in [0, 0.1) is 13.8 Å². The first-order chi connectivity index (χ1) is 17.7. The fourth-order valence-electron chi connectivity index (χ4n) is 5.16. The molecular formula is C30H29NO5S. The molecule has 0 bridgehead atoms. The lowest BCUT2D eigenvalue weighted by atomic mass is 9.85. The Kier molecular flexibility index (Phi) is 6.60. The number of rotatable bonds is 7. The molecule has 0 radical (unpaired) electrons. The predicted octanol–water partition coefficient (Wildman–Crippen LogP) is 5.65. The van der Waals surface area contributed by atoms with E-state index in [9.17, 15) is 13.2 Å². The quantitative estimate of drug-likeness (QED) is 0.316. The second-order valence-electron chi connectivity index (χ2n) is 9.54. The molecule has 190 valence electrons. The summed E-state index contributed by atoms with van der Waals surface area (Å²) in [4.78, 5) is 18.7. The van der Waals surface area contributed by atoms with Crippen molar-refractivity contribution in [3.63, 3.8) is 0 Å². The Morgan fingerprint density at radius 3 is 2.57 bits per heavy atom. The van der Waals surface area contributed by atoms with Crippen molar-refractivity contribution >= 4 is 26.5 Å². The Bertz CT molecular complexity index is 1580. The largest absolute Gasteiger partial charge is 0.496 e. The lowest BCUT2D eigenvalue weighted by Crippen LogP contribution is -2.40. The first-order valence-corrected chi connectivity index (χ1v) is 13.9. The van der Waals surface area contributed by atoms with Crippen molar-refractivity contribution in [2.75, 3.05) is 12.9 Å². The molecule has 1 aliphatic heterocycles. The molecule has 6 nitrogen and oxygen atoms in total. The van der Waals surface area contributed by atoms with Crippen LogP contribution in [0.2, 0.25) is 0 Å². The van der Waals surface area contributed by atoms with Gasteiger partial charge in [-0.2, -0.15) is 0 Å². The topological polar surface area (TPSA) is 82.6 Å². The van der Waals surface area contributed by atoms with Crippen LogP contribution in [0.25, 0.3) is 10.9 Å². The van der Waals surface area contributed by atoms with E-state index in [-0.39, 0.29) is 11.0 Å². The minimum atomic E-state index is -4.00. The number of carbonyl (C=O) groups is 1. The first kappa shape index (κ1) is 25.1. The predicted molar refractivity (Wildman–Crippen MR) is 142 cm³/mol. The molecule has 0 N–H and O–H groups in total. The number of Topliss-reactive ketones (excluding diaryl/α,β-unsaturated/α-hetero) is 1. The summed E-state index contributed by atoms with van der Waals surface area (Å²) >= 11 is 0. The molecule has 2 heterocycles. The number of fused-ring (bicyclic) bond motifs is 1. The number of benzene rings is 3. The van der Waals surface area contributed by atoms with E-state index < -0.39 is 27.0 Å². The highest BCUT2D eigenvalue weighted by atomic mass is 32.2. The van der Waals surface area contributed by atoms with Crippen molar-refractivity contribution in [2.24, 2.45) is 0 Å². The SMILES string of the molecule is COc1ccc(C)cc1[C@@]1(C(=O)CS(=O)(=O)c2cccc3nc(C)ccc23)CCC(c2ccccc2)O1. The van der Waals surface area contributed by atoms with Gasteiger partial charge in [0.2, 0.25) is 0 Å². The van der Waals surface area contributed by atoms with E-state index in [1.807, 2.05) is 56.3 Å². The van der Waals surface area contributed by atoms with E-state index in [1.165, 1.54) is 13.2 Å². The molecule has 2 atom stereocenters. The number of sulfone groups is 1. The average molecular weight is 516 g/mol. The summed E-state index contributed by atoms with van der Waals surface area (Å²) in [6.07, 6.45) is 0.573. The van der Waals surface area contributed by atoms with Gasteiger partial charge in [-0.15, -0.1) is 0 Å². The maximum Gasteiger partial charge on any atom is 0.186 e. The zero-order valence-corrected chi connectivity index (χ0v) is 21.9. The van der Waals surface area contributed by atoms with Crippen molar-refractivity contribution in [2.45, 2.75) is 43.3 Å². The fourth-order valence-corrected chi connectivity index (χ4v) is 6.68. The molecule has 5 rings (SSSR count). The monoisotopic (exact) mass is 515 g/mol. The number of methoxy groups -OCH3 is 1. The van der Waals surface area contributed by atoms with E-state index in [2.05, 4.69) is 4.98 Å². The zero-order chi connectivity index (χ0) is 26.2. The smallest absolute Gasteiger partial charge is 0.186 e. The molecule has 0 aliphatic carbocycles. The van der Waals surface area contributed by atoms with Crippen molar-refractivity contribution in [1.29, 1.82) is 0 Å². The van der Waals surface area contributed by atoms with E-state index >= 15 is 0 Å². The number of hydrogen-bond acceptors (Lipinski definition) is 6. The summed E-state index contributed by atoms with van der Waals surface area (Å²) in [5, 5.41) is 0.498. The minimum Gasteiger partial charge on any atom is -0.496 e. The van der Waals surface area contributed by atoms with Crippen LogP contribution < -0.4 is 4.74 Å². The third-order valence-corrected chi connectivity index (χ3v) is 8.67. The molecule has 3 aromatic carbocycles. The highest BCUT2D eigenvalue weighted by molar-refractivity contribution is 7.92. The first-order valence-electron chi connectivity index (χ1n) is 12.2. The number of ketones is 1. The van der Waals surface area contributed by atoms with Gasteiger partial charge >= 0.3 is 0 Å². The maximum absolute atomic E-state index is 14.1. The number of carbonyl (C=O) groups excluding carboxylic acids is 1. The molecule has 4 aromatic rings. The third-order valence-electron chi connectivity index (χ3n) is 7.00. The van der Waals surface area contributed by atoms with Crippen LogP contribution in [0.1, 0.15) is 41.3 Å². The van der Waals surface area contributed by atoms with Crippen LogP contribution >= 0.6 is 0 Å². The molecule has 1 aromatic heterocycles. The van der Waals surface area contributed by atoms with E-state index in [4.69, 9.17) is 9.47 Å². The second kappa shape index (κ2) is 9.72. The van der Waals surface area contributed by atoms with Crippen molar-refractivity contribution < 1.29 is 22.7 Å². The Labute approximate surface area is 217 Å². The van der Waals surface area contributed by atoms with Crippen LogP contribution in [-0.4, -0.2) is 32.0 Å². The van der Waals surface area contributed by atoms with E-state index in [0.717, 1.165) is 16.8 Å². The van der Waals surface area contributed by atoms with Gasteiger partial charge in [0.05, 0.1) is 23.6 Å². The third kappa shape index (κ3) is 4.65. The summed E-state index contributed by atoms with van der Waals surface area (Å²) in [6, 6.07) is 23.7. The molecular weight excluding hydrogens is 486 g/mol. The Hall–Kier alpha value is -3.55. The fraction of sp³-hybridized carbons (Fsp3) is 0.267. The van der Waals surface area contributed by atoms with Gasteiger partial charge in [0.1, 0.15) is 11.5 Å². The van der Waals surface area contributed by atoms with Crippen molar-refractivity contribution in [3.8, 4) is 5.75 Å². The van der Waals surface area contributed by atoms with Crippen LogP contribution in [0.4, 0.5) is 0 Å². The number of aromatic nitrogens is 1. The standard InChI is InChI=1S/C30H29NO5S/c1-20-12-15-27(35-3)24(18-20)30(17-16-26(36-30)22-8-5-4-6-9-22)29(32)19-37(33,34)28-11-7-10-25-23(28)14-13-21(2)31-25/h4-15,18,26H,16-17,19H2,1-3H3/t26?,30-/m1/s1. The van der Waals surface area contributed by atoms with Gasteiger partial charge in [0, 0.05) is 16.6 Å². The lowest BCUT2D eigenvalue weighted by Gasteiger charge is -2.30. The zero-order valence-electron chi connectivity index (χ0n) is 21.1. The second-order valence-corrected chi connectivity index (χ2v) is 11.5. The van der Waals surface area contributed by atoms with Gasteiger partial charge in [0.25, 0.3) is 0 Å². The number of ether oxygens (including phenoxy) is 2. The summed E-state index contributed by atoms with van der Waals surface area (Å²) in [6.45, 7) is 3.77. The maximum atomic E-state index is 14.1. The molecule has 1 aliphatic rings. The Balaban J connectivity index is 1.58. The van der Waals surface area contributed by atoms with E-state index in [0.29, 0.717) is 35.1 Å². The summed E-state index contributed by atoms with van der Waals surface area (Å²) in [5.41, 5.74) is 2.34. The van der Waals surface area contributed by atoms with Gasteiger partial charge in [-0.3, -0.25) is 9.78 Å². The molecule has 7 heteroatoms. The molecule has 1 saturated heterocycles. The van der Waals surface area contributed by atoms with Gasteiger partial charge in [0.15, 0.2) is 21.2 Å². The van der Waals surface area contributed by atoms with Gasteiger partial charge in [-0.25, -0.2) is 8.42 Å². The molecule has 37 heavy (non-hydrogen) atoms. The normalized spacial score (nSPS) is 19.7. The van der Waals surface area contributed by atoms with Crippen LogP contribution in [-0.2, 0) is 25.0 Å². The molecule has 0 saturated carbocycles. The van der Waals surface area contributed by atoms with Crippen molar-refractivity contribution in [1.82, 2.24) is 4.98 Å². The molecule has 0 amide bonds. The van der Waals surface area contributed by atoms with E-state index in [1.54, 1.807) is 30.3 Å². The molecule has 1 unspecified atom stereocenters. The average Bonchev–Trinajstić information content (AvgIpc) is 3.35. The van der Waals surface area contributed by atoms with Crippen LogP contribution in [0.3, 0.4) is 0 Å². The Morgan fingerprint density at radius 1 is 1.03 bits per heavy atom. The van der Waals surface area contributed by atoms with Gasteiger partial charge < -0.3 is 9.47 Å². The number of pyridine rings is 1. The molecule has 1 fully saturated rings. The van der Waals surface area contributed by atoms with Crippen LogP contribution in [0.5, 0.6) is 5.75 Å². The number of nitrogens with zero attached hydrogens (tertiary/aromatic N) is 1. The highest BCUT2D eigenvalue weighted by Gasteiger charge is 2.50. The minimum absolute atomic E-state index is 0.0924. The summed E-state index contributed by atoms with van der Waals surface area (Å²) in [7, 11) is -2.47. The van der Waals surface area contributed by atoms with Gasteiger partial charge in [-0.05, 0) is 68.7 Å². The lowest BCUT2D eigenvalue weighted by molar-refractivity contribution is -0.142. The van der Waals surface area contributed by atoms with Gasteiger partial charge in [-0.1, -0.05) is 48.0 Å². The highest BCUT2D eigenvalue weighted by Crippen LogP contribution is 2.49. The summed E-state index contributed by atoms with van der Waals surface area (Å²) < 4.78 is 39.6. The van der Waals surface area contributed by atoms with Crippen molar-refractivity contribution in [3.05, 3.63) is 101 Å². The number of aryl methyl sites for hydroxylation is 2. The number of hydrogen-bond donors (Lipinski definition) is 0. The van der Waals surface area contributed by atoms with Crippen LogP contribution in [0.15, 0.2) is 83.8 Å². The molecule has 0 spiro atoms. The Morgan fingerprint density at radius 2 is 1.81 bits per heavy atom. The summed E-state index contributed by atoms with van der Waals surface area (Å²) in [5.74, 6) is -0.708.